The average molecular weight is 208 g/mol. The number of rotatable bonds is 2. The molecule has 0 amide bonds. The number of aliphatic carboxylic acids is 1. The van der Waals surface area contributed by atoms with Gasteiger partial charge in [-0.05, 0) is 12.8 Å². The number of hydrogen-bond donors (Lipinski definition) is 1. The third-order valence-electron chi connectivity index (χ3n) is 2.61. The van der Waals surface area contributed by atoms with Crippen LogP contribution < -0.4 is 4.90 Å². The van der Waals surface area contributed by atoms with Crippen LogP contribution in [0.1, 0.15) is 12.8 Å². The second-order valence-electron chi connectivity index (χ2n) is 3.54. The largest absolute Gasteiger partial charge is 0.481 e. The Hall–Kier alpha value is -1.72. The smallest absolute Gasteiger partial charge is 0.306 e. The zero-order valence-electron chi connectivity index (χ0n) is 8.20. The first-order valence-corrected chi connectivity index (χ1v) is 4.87. The van der Waals surface area contributed by atoms with E-state index in [4.69, 9.17) is 5.11 Å². The lowest BCUT2D eigenvalue weighted by Crippen LogP contribution is -2.37. The highest BCUT2D eigenvalue weighted by molar-refractivity contribution is 5.70. The summed E-state index contributed by atoms with van der Waals surface area (Å²) < 4.78 is 0. The molecular weight excluding hydrogens is 196 g/mol. The summed E-state index contributed by atoms with van der Waals surface area (Å²) >= 11 is 0. The van der Waals surface area contributed by atoms with Gasteiger partial charge in [-0.2, -0.15) is 0 Å². The van der Waals surface area contributed by atoms with Gasteiger partial charge in [-0.1, -0.05) is 0 Å². The van der Waals surface area contributed by atoms with Gasteiger partial charge in [0, 0.05) is 13.1 Å². The van der Waals surface area contributed by atoms with Crippen LogP contribution in [0.3, 0.4) is 0 Å². The Kier molecular flexibility index (Phi) is 2.75. The van der Waals surface area contributed by atoms with Gasteiger partial charge in [0.15, 0.2) is 0 Å². The Morgan fingerprint density at radius 2 is 1.93 bits per heavy atom. The minimum atomic E-state index is -0.703. The molecule has 1 N–H and O–H groups in total. The first kappa shape index (κ1) is 9.82. The third-order valence-corrected chi connectivity index (χ3v) is 2.61. The van der Waals surface area contributed by atoms with E-state index in [1.807, 2.05) is 4.90 Å². The molecular formula is C9H12N4O2. The fraction of sp³-hybridized carbons (Fsp3) is 0.556. The summed E-state index contributed by atoms with van der Waals surface area (Å²) in [6.07, 6.45) is 4.21. The quantitative estimate of drug-likeness (QED) is 0.746. The van der Waals surface area contributed by atoms with Crippen molar-refractivity contribution in [2.24, 2.45) is 5.92 Å². The highest BCUT2D eigenvalue weighted by atomic mass is 16.4. The number of carboxylic acids is 1. The van der Waals surface area contributed by atoms with Gasteiger partial charge in [0.05, 0.1) is 5.92 Å². The molecule has 0 aliphatic carbocycles. The molecule has 0 saturated carbocycles. The van der Waals surface area contributed by atoms with E-state index < -0.39 is 5.97 Å². The van der Waals surface area contributed by atoms with E-state index in [0.29, 0.717) is 31.9 Å². The van der Waals surface area contributed by atoms with Crippen molar-refractivity contribution >= 4 is 11.9 Å². The predicted molar refractivity (Wildman–Crippen MR) is 52.4 cm³/mol. The average Bonchev–Trinajstić information content (AvgIpc) is 2.30. The van der Waals surface area contributed by atoms with Crippen LogP contribution in [0.2, 0.25) is 0 Å². The molecule has 1 aliphatic heterocycles. The standard InChI is InChI=1S/C9H12N4O2/c14-8(15)7-1-3-13(4-2-7)9-11-5-10-6-12-9/h5-7H,1-4H2,(H,14,15). The molecule has 6 nitrogen and oxygen atoms in total. The molecule has 1 saturated heterocycles. The van der Waals surface area contributed by atoms with Gasteiger partial charge in [-0.3, -0.25) is 4.79 Å². The van der Waals surface area contributed by atoms with Gasteiger partial charge in [0.25, 0.3) is 0 Å². The van der Waals surface area contributed by atoms with E-state index in [2.05, 4.69) is 15.0 Å². The van der Waals surface area contributed by atoms with Gasteiger partial charge in [0.1, 0.15) is 12.7 Å². The summed E-state index contributed by atoms with van der Waals surface area (Å²) in [5.41, 5.74) is 0. The first-order valence-electron chi connectivity index (χ1n) is 4.87. The molecule has 15 heavy (non-hydrogen) atoms. The Bertz CT molecular complexity index is 335. The summed E-state index contributed by atoms with van der Waals surface area (Å²) in [4.78, 5) is 24.5. The van der Waals surface area contributed by atoms with Crippen molar-refractivity contribution in [3.8, 4) is 0 Å². The number of anilines is 1. The lowest BCUT2D eigenvalue weighted by atomic mass is 9.97. The lowest BCUT2D eigenvalue weighted by molar-refractivity contribution is -0.142. The molecule has 1 aliphatic rings. The highest BCUT2D eigenvalue weighted by Crippen LogP contribution is 2.19. The Morgan fingerprint density at radius 1 is 1.33 bits per heavy atom. The van der Waals surface area contributed by atoms with E-state index in [0.717, 1.165) is 0 Å². The summed E-state index contributed by atoms with van der Waals surface area (Å²) in [5.74, 6) is -0.290. The van der Waals surface area contributed by atoms with Gasteiger partial charge in [-0.15, -0.1) is 0 Å². The SMILES string of the molecule is O=C(O)C1CCN(c2ncncn2)CC1. The molecule has 0 aromatic carbocycles. The fourth-order valence-corrected chi connectivity index (χ4v) is 1.72. The Labute approximate surface area is 87.0 Å². The van der Waals surface area contributed by atoms with Crippen LogP contribution in [0.5, 0.6) is 0 Å². The van der Waals surface area contributed by atoms with E-state index in [9.17, 15) is 4.79 Å². The molecule has 0 unspecified atom stereocenters. The van der Waals surface area contributed by atoms with Crippen LogP contribution in [0, 0.1) is 5.92 Å². The van der Waals surface area contributed by atoms with Crippen LogP contribution >= 0.6 is 0 Å². The third kappa shape index (κ3) is 2.20. The molecule has 2 heterocycles. The fourth-order valence-electron chi connectivity index (χ4n) is 1.72. The summed E-state index contributed by atoms with van der Waals surface area (Å²) in [6, 6.07) is 0. The highest BCUT2D eigenvalue weighted by Gasteiger charge is 2.25. The molecule has 0 radical (unpaired) electrons. The topological polar surface area (TPSA) is 79.2 Å². The summed E-state index contributed by atoms with van der Waals surface area (Å²) in [7, 11) is 0. The van der Waals surface area contributed by atoms with Crippen LogP contribution in [0.25, 0.3) is 0 Å². The Morgan fingerprint density at radius 3 is 2.47 bits per heavy atom. The van der Waals surface area contributed by atoms with Gasteiger partial charge in [0.2, 0.25) is 5.95 Å². The zero-order chi connectivity index (χ0) is 10.7. The van der Waals surface area contributed by atoms with E-state index >= 15 is 0 Å². The molecule has 80 valence electrons. The van der Waals surface area contributed by atoms with Crippen molar-refractivity contribution in [2.75, 3.05) is 18.0 Å². The normalized spacial score (nSPS) is 17.7. The maximum atomic E-state index is 10.7. The summed E-state index contributed by atoms with van der Waals surface area (Å²) in [5, 5.41) is 8.84. The molecule has 1 aromatic heterocycles. The van der Waals surface area contributed by atoms with Gasteiger partial charge >= 0.3 is 5.97 Å². The minimum absolute atomic E-state index is 0.219. The lowest BCUT2D eigenvalue weighted by Gasteiger charge is -2.29. The van der Waals surface area contributed by atoms with E-state index in [1.165, 1.54) is 12.7 Å². The minimum Gasteiger partial charge on any atom is -0.481 e. The second kappa shape index (κ2) is 4.20. The number of hydrogen-bond acceptors (Lipinski definition) is 5. The summed E-state index contributed by atoms with van der Waals surface area (Å²) in [6.45, 7) is 1.39. The molecule has 2 rings (SSSR count). The van der Waals surface area contributed by atoms with Gasteiger partial charge < -0.3 is 10.0 Å². The van der Waals surface area contributed by atoms with Crippen molar-refractivity contribution < 1.29 is 9.90 Å². The van der Waals surface area contributed by atoms with Crippen molar-refractivity contribution in [2.45, 2.75) is 12.8 Å². The molecule has 0 spiro atoms. The molecule has 1 fully saturated rings. The van der Waals surface area contributed by atoms with Crippen molar-refractivity contribution in [1.29, 1.82) is 0 Å². The zero-order valence-corrected chi connectivity index (χ0v) is 8.20. The van der Waals surface area contributed by atoms with Crippen LogP contribution in [0.4, 0.5) is 5.95 Å². The number of nitrogens with zero attached hydrogens (tertiary/aromatic N) is 4. The maximum Gasteiger partial charge on any atom is 0.306 e. The Balaban J connectivity index is 1.97. The van der Waals surface area contributed by atoms with Crippen molar-refractivity contribution in [1.82, 2.24) is 15.0 Å². The molecule has 1 aromatic rings. The van der Waals surface area contributed by atoms with Crippen LogP contribution in [0.15, 0.2) is 12.7 Å². The molecule has 0 atom stereocenters. The number of aromatic nitrogens is 3. The second-order valence-corrected chi connectivity index (χ2v) is 3.54. The molecule has 0 bridgehead atoms. The molecule has 6 heteroatoms. The van der Waals surface area contributed by atoms with Crippen molar-refractivity contribution in [3.05, 3.63) is 12.7 Å². The van der Waals surface area contributed by atoms with E-state index in [1.54, 1.807) is 0 Å². The maximum absolute atomic E-state index is 10.7. The van der Waals surface area contributed by atoms with Gasteiger partial charge in [-0.25, -0.2) is 15.0 Å². The predicted octanol–water partition coefficient (Wildman–Crippen LogP) is 0.173. The first-order chi connectivity index (χ1) is 7.27. The monoisotopic (exact) mass is 208 g/mol. The van der Waals surface area contributed by atoms with Crippen LogP contribution in [-0.4, -0.2) is 39.1 Å². The van der Waals surface area contributed by atoms with Crippen molar-refractivity contribution in [3.63, 3.8) is 0 Å². The number of carboxylic acid groups (broad SMARTS) is 1. The van der Waals surface area contributed by atoms with E-state index in [-0.39, 0.29) is 5.92 Å². The number of carbonyl (C=O) groups is 1. The van der Waals surface area contributed by atoms with Crippen LogP contribution in [-0.2, 0) is 4.79 Å². The number of piperidine rings is 1.